The Bertz CT molecular complexity index is 1290. The molecule has 35 heavy (non-hydrogen) atoms. The minimum Gasteiger partial charge on any atom is -0.485 e. The number of nitrogens with zero attached hydrogens (tertiary/aromatic N) is 1. The maximum absolute atomic E-state index is 15.0. The quantitative estimate of drug-likeness (QED) is 0.361. The molecule has 5 rings (SSSR count). The van der Waals surface area contributed by atoms with Gasteiger partial charge in [0.25, 0.3) is 5.91 Å². The molecule has 1 N–H and O–H groups in total. The predicted molar refractivity (Wildman–Crippen MR) is 134 cm³/mol. The standard InChI is InChI=1S/C27H25Cl2FN2O3/c1-27(2)12-22-25(35-27)24(26(33)32-13-21(30)19-9-8-17(28)11-20(19)29)23(14-31-22)34-18-5-3-4-16(10-18)15-6-7-15/h3-5,8-11,14-15,21H,6-7,12-13H2,1-2H3,(H,32,33). The van der Waals surface area contributed by atoms with Gasteiger partial charge in [0.2, 0.25) is 0 Å². The average molecular weight is 515 g/mol. The van der Waals surface area contributed by atoms with Crippen LogP contribution in [0, 0.1) is 0 Å². The number of pyridine rings is 1. The van der Waals surface area contributed by atoms with E-state index in [9.17, 15) is 9.18 Å². The van der Waals surface area contributed by atoms with Crippen LogP contribution in [-0.2, 0) is 6.42 Å². The van der Waals surface area contributed by atoms with Gasteiger partial charge in [-0.15, -0.1) is 0 Å². The molecule has 1 aliphatic carbocycles. The number of amides is 1. The van der Waals surface area contributed by atoms with E-state index in [1.165, 1.54) is 36.7 Å². The maximum atomic E-state index is 15.0. The molecule has 1 unspecified atom stereocenters. The van der Waals surface area contributed by atoms with E-state index in [1.807, 2.05) is 32.0 Å². The number of aromatic nitrogens is 1. The van der Waals surface area contributed by atoms with Crippen molar-refractivity contribution in [1.82, 2.24) is 10.3 Å². The first-order valence-corrected chi connectivity index (χ1v) is 12.3. The lowest BCUT2D eigenvalue weighted by molar-refractivity contribution is 0.0925. The molecule has 0 spiro atoms. The Labute approximate surface area is 213 Å². The first kappa shape index (κ1) is 23.9. The van der Waals surface area contributed by atoms with Gasteiger partial charge in [0.1, 0.15) is 23.1 Å². The third-order valence-corrected chi connectivity index (χ3v) is 6.71. The second-order valence-corrected chi connectivity index (χ2v) is 10.4. The lowest BCUT2D eigenvalue weighted by Gasteiger charge is -2.19. The Hall–Kier alpha value is -2.83. The van der Waals surface area contributed by atoms with Gasteiger partial charge in [-0.25, -0.2) is 4.39 Å². The maximum Gasteiger partial charge on any atom is 0.259 e. The van der Waals surface area contributed by atoms with Crippen LogP contribution < -0.4 is 14.8 Å². The van der Waals surface area contributed by atoms with Crippen molar-refractivity contribution in [2.24, 2.45) is 0 Å². The monoisotopic (exact) mass is 514 g/mol. The summed E-state index contributed by atoms with van der Waals surface area (Å²) in [5.41, 5.74) is 1.81. The molecule has 2 aromatic carbocycles. The van der Waals surface area contributed by atoms with Crippen LogP contribution in [-0.4, -0.2) is 23.0 Å². The summed E-state index contributed by atoms with van der Waals surface area (Å²) in [6.45, 7) is 3.57. The second-order valence-electron chi connectivity index (χ2n) is 9.60. The summed E-state index contributed by atoms with van der Waals surface area (Å²) in [4.78, 5) is 17.9. The molecule has 5 nitrogen and oxygen atoms in total. The number of alkyl halides is 1. The number of hydrogen-bond acceptors (Lipinski definition) is 4. The fourth-order valence-electron chi connectivity index (χ4n) is 4.27. The summed E-state index contributed by atoms with van der Waals surface area (Å²) in [5, 5.41) is 3.28. The van der Waals surface area contributed by atoms with Crippen LogP contribution in [0.4, 0.5) is 4.39 Å². The van der Waals surface area contributed by atoms with Gasteiger partial charge >= 0.3 is 0 Å². The van der Waals surface area contributed by atoms with Crippen molar-refractivity contribution in [3.63, 3.8) is 0 Å². The van der Waals surface area contributed by atoms with Crippen LogP contribution in [0.15, 0.2) is 48.7 Å². The highest BCUT2D eigenvalue weighted by Gasteiger charge is 2.37. The molecule has 1 amide bonds. The number of nitrogens with one attached hydrogen (secondary N) is 1. The van der Waals surface area contributed by atoms with E-state index in [-0.39, 0.29) is 28.4 Å². The van der Waals surface area contributed by atoms with Crippen molar-refractivity contribution in [2.45, 2.75) is 50.8 Å². The van der Waals surface area contributed by atoms with Crippen LogP contribution >= 0.6 is 23.2 Å². The lowest BCUT2D eigenvalue weighted by atomic mass is 10.0. The Kier molecular flexibility index (Phi) is 6.36. The molecule has 1 atom stereocenters. The zero-order valence-corrected chi connectivity index (χ0v) is 20.9. The Balaban J connectivity index is 1.41. The number of halogens is 3. The van der Waals surface area contributed by atoms with Crippen LogP contribution in [0.1, 0.15) is 66.0 Å². The van der Waals surface area contributed by atoms with E-state index < -0.39 is 17.7 Å². The Morgan fingerprint density at radius 1 is 1.26 bits per heavy atom. The number of carbonyl (C=O) groups is 1. The molecule has 0 bridgehead atoms. The summed E-state index contributed by atoms with van der Waals surface area (Å²) in [6, 6.07) is 12.4. The number of hydrogen-bond donors (Lipinski definition) is 1. The molecule has 2 aliphatic rings. The first-order chi connectivity index (χ1) is 16.7. The molecule has 0 saturated heterocycles. The summed E-state index contributed by atoms with van der Waals surface area (Å²) in [6.07, 6.45) is 2.90. The smallest absolute Gasteiger partial charge is 0.259 e. The molecule has 8 heteroatoms. The Morgan fingerprint density at radius 2 is 2.06 bits per heavy atom. The van der Waals surface area contributed by atoms with Gasteiger partial charge in [-0.1, -0.05) is 41.4 Å². The van der Waals surface area contributed by atoms with Crippen molar-refractivity contribution < 1.29 is 18.7 Å². The summed E-state index contributed by atoms with van der Waals surface area (Å²) >= 11 is 12.0. The van der Waals surface area contributed by atoms with Crippen molar-refractivity contribution in [1.29, 1.82) is 0 Å². The predicted octanol–water partition coefficient (Wildman–Crippen LogP) is 7.21. The van der Waals surface area contributed by atoms with Gasteiger partial charge < -0.3 is 14.8 Å². The number of fused-ring (bicyclic) bond motifs is 1. The van der Waals surface area contributed by atoms with E-state index in [1.54, 1.807) is 6.07 Å². The van der Waals surface area contributed by atoms with Gasteiger partial charge in [-0.2, -0.15) is 0 Å². The van der Waals surface area contributed by atoms with Gasteiger partial charge in [-0.05, 0) is 62.4 Å². The van der Waals surface area contributed by atoms with Gasteiger partial charge in [0.05, 0.1) is 18.4 Å². The molecule has 182 valence electrons. The molecule has 3 aromatic rings. The molecule has 1 aromatic heterocycles. The van der Waals surface area contributed by atoms with Crippen molar-refractivity contribution in [3.05, 3.63) is 81.1 Å². The highest BCUT2D eigenvalue weighted by Crippen LogP contribution is 2.43. The fourth-order valence-corrected chi connectivity index (χ4v) is 4.80. The minimum atomic E-state index is -1.52. The van der Waals surface area contributed by atoms with E-state index in [0.717, 1.165) is 0 Å². The molecule has 1 aliphatic heterocycles. The summed E-state index contributed by atoms with van der Waals surface area (Å²) < 4.78 is 27.2. The normalized spacial score (nSPS) is 16.8. The highest BCUT2D eigenvalue weighted by atomic mass is 35.5. The van der Waals surface area contributed by atoms with Gasteiger partial charge in [-0.3, -0.25) is 9.78 Å². The van der Waals surface area contributed by atoms with E-state index in [4.69, 9.17) is 32.7 Å². The van der Waals surface area contributed by atoms with E-state index >= 15 is 0 Å². The SMILES string of the molecule is CC1(C)Cc2ncc(Oc3cccc(C4CC4)c3)c(C(=O)NCC(F)c3ccc(Cl)cc3Cl)c2O1. The van der Waals surface area contributed by atoms with Crippen LogP contribution in [0.3, 0.4) is 0 Å². The van der Waals surface area contributed by atoms with Gasteiger partial charge in [0.15, 0.2) is 11.5 Å². The molecule has 1 fully saturated rings. The third kappa shape index (κ3) is 5.24. The first-order valence-electron chi connectivity index (χ1n) is 11.6. The van der Waals surface area contributed by atoms with Crippen LogP contribution in [0.25, 0.3) is 0 Å². The summed E-state index contributed by atoms with van der Waals surface area (Å²) in [7, 11) is 0. The molecular weight excluding hydrogens is 490 g/mol. The topological polar surface area (TPSA) is 60.5 Å². The third-order valence-electron chi connectivity index (χ3n) is 6.15. The molecule has 1 saturated carbocycles. The van der Waals surface area contributed by atoms with Gasteiger partial charge in [0, 0.05) is 22.0 Å². The van der Waals surface area contributed by atoms with E-state index in [2.05, 4.69) is 16.4 Å². The minimum absolute atomic E-state index is 0.201. The van der Waals surface area contributed by atoms with Crippen LogP contribution in [0.2, 0.25) is 10.0 Å². The second kappa shape index (κ2) is 9.32. The van der Waals surface area contributed by atoms with Crippen LogP contribution in [0.5, 0.6) is 17.2 Å². The fraction of sp³-hybridized carbons (Fsp3) is 0.333. The number of ether oxygens (including phenoxy) is 2. The largest absolute Gasteiger partial charge is 0.485 e. The molecule has 2 heterocycles. The zero-order chi connectivity index (χ0) is 24.7. The van der Waals surface area contributed by atoms with E-state index in [0.29, 0.717) is 34.6 Å². The van der Waals surface area contributed by atoms with Crippen molar-refractivity contribution in [3.8, 4) is 17.2 Å². The number of benzene rings is 2. The van der Waals surface area contributed by atoms with Crippen molar-refractivity contribution >= 4 is 29.1 Å². The average Bonchev–Trinajstić information content (AvgIpc) is 3.60. The van der Waals surface area contributed by atoms with Crippen molar-refractivity contribution in [2.75, 3.05) is 6.54 Å². The zero-order valence-electron chi connectivity index (χ0n) is 19.4. The highest BCUT2D eigenvalue weighted by molar-refractivity contribution is 6.35. The number of rotatable bonds is 7. The summed E-state index contributed by atoms with van der Waals surface area (Å²) in [5.74, 6) is 1.28. The lowest BCUT2D eigenvalue weighted by Crippen LogP contribution is -2.29. The Morgan fingerprint density at radius 3 is 2.80 bits per heavy atom. The number of carbonyl (C=O) groups excluding carboxylic acids is 1. The molecular formula is C27H25Cl2FN2O3. The molecule has 0 radical (unpaired) electrons.